The first-order valence-electron chi connectivity index (χ1n) is 5.20. The molecule has 0 aliphatic carbocycles. The fraction of sp³-hybridized carbons (Fsp3) is 0.444. The van der Waals surface area contributed by atoms with Gasteiger partial charge in [-0.15, -0.1) is 0 Å². The molecule has 120 valence electrons. The van der Waals surface area contributed by atoms with Crippen LogP contribution in [0.4, 0.5) is 13.2 Å². The van der Waals surface area contributed by atoms with Crippen LogP contribution in [0.15, 0.2) is 20.0 Å². The molecule has 0 aromatic carbocycles. The maximum atomic E-state index is 11.8. The lowest BCUT2D eigenvalue weighted by Gasteiger charge is -2.08. The summed E-state index contributed by atoms with van der Waals surface area (Å²) in [7, 11) is -4.13. The first-order valence-corrected chi connectivity index (χ1v) is 7.47. The first-order chi connectivity index (χ1) is 9.53. The summed E-state index contributed by atoms with van der Waals surface area (Å²) in [4.78, 5) is 10.2. The molecule has 0 fully saturated rings. The largest absolute Gasteiger partial charge is 0.475 e. The van der Waals surface area contributed by atoms with Gasteiger partial charge in [-0.3, -0.25) is 0 Å². The minimum Gasteiger partial charge on any atom is -0.475 e. The predicted octanol–water partition coefficient (Wildman–Crippen LogP) is 1.60. The molecule has 0 radical (unpaired) electrons. The lowest BCUT2D eigenvalue weighted by atomic mass is 10.5. The number of ether oxygens (including phenoxy) is 1. The maximum absolute atomic E-state index is 11.8. The van der Waals surface area contributed by atoms with Gasteiger partial charge in [0.25, 0.3) is 0 Å². The van der Waals surface area contributed by atoms with Crippen LogP contribution in [0, 0.1) is 0 Å². The molecule has 0 saturated heterocycles. The van der Waals surface area contributed by atoms with E-state index in [0.717, 1.165) is 6.07 Å². The lowest BCUT2D eigenvalue weighted by molar-refractivity contribution is -0.173. The molecule has 0 saturated carbocycles. The molecule has 0 amide bonds. The van der Waals surface area contributed by atoms with Gasteiger partial charge < -0.3 is 14.3 Å². The summed E-state index contributed by atoms with van der Waals surface area (Å²) in [5, 5.41) is 8.65. The quantitative estimate of drug-likeness (QED) is 0.679. The zero-order chi connectivity index (χ0) is 16.3. The third-order valence-corrected chi connectivity index (χ3v) is 4.28. The molecule has 1 aromatic rings. The highest BCUT2D eigenvalue weighted by molar-refractivity contribution is 9.10. The van der Waals surface area contributed by atoms with Crippen molar-refractivity contribution in [3.63, 3.8) is 0 Å². The van der Waals surface area contributed by atoms with Crippen LogP contribution in [0.3, 0.4) is 0 Å². The summed E-state index contributed by atoms with van der Waals surface area (Å²) < 4.78 is 69.4. The Labute approximate surface area is 125 Å². The van der Waals surface area contributed by atoms with E-state index in [2.05, 4.69) is 25.1 Å². The SMILES string of the molecule is O=C(O)c1cc(S(=O)(=O)NCCOCC(F)(F)F)c(Br)o1. The number of furan rings is 1. The van der Waals surface area contributed by atoms with E-state index in [1.165, 1.54) is 0 Å². The number of hydrogen-bond donors (Lipinski definition) is 2. The third kappa shape index (κ3) is 5.65. The van der Waals surface area contributed by atoms with Gasteiger partial charge in [0.1, 0.15) is 11.5 Å². The second kappa shape index (κ2) is 6.77. The Morgan fingerprint density at radius 1 is 1.48 bits per heavy atom. The van der Waals surface area contributed by atoms with Crippen molar-refractivity contribution in [3.05, 3.63) is 16.5 Å². The Morgan fingerprint density at radius 3 is 2.57 bits per heavy atom. The number of nitrogens with one attached hydrogen (secondary N) is 1. The van der Waals surface area contributed by atoms with Crippen molar-refractivity contribution in [2.45, 2.75) is 11.1 Å². The highest BCUT2D eigenvalue weighted by Gasteiger charge is 2.28. The smallest absolute Gasteiger partial charge is 0.411 e. The van der Waals surface area contributed by atoms with E-state index < -0.39 is 52.6 Å². The molecule has 1 heterocycles. The van der Waals surface area contributed by atoms with E-state index in [1.54, 1.807) is 0 Å². The Kier molecular flexibility index (Phi) is 5.78. The standard InChI is InChI=1S/C9H9BrF3NO6S/c10-7-6(3-5(20-7)8(15)16)21(17,18)14-1-2-19-4-9(11,12)13/h3,14H,1-2,4H2,(H,15,16). The normalized spacial score (nSPS) is 12.6. The van der Waals surface area contributed by atoms with Gasteiger partial charge in [0, 0.05) is 12.6 Å². The van der Waals surface area contributed by atoms with E-state index >= 15 is 0 Å². The summed E-state index contributed by atoms with van der Waals surface area (Å²) in [5.74, 6) is -2.07. The lowest BCUT2D eigenvalue weighted by Crippen LogP contribution is -2.29. The number of alkyl halides is 3. The average molecular weight is 396 g/mol. The molecule has 1 aromatic heterocycles. The Balaban J connectivity index is 2.60. The highest BCUT2D eigenvalue weighted by atomic mass is 79.9. The van der Waals surface area contributed by atoms with Crippen LogP contribution in [-0.4, -0.2) is 45.4 Å². The van der Waals surface area contributed by atoms with Crippen LogP contribution >= 0.6 is 15.9 Å². The molecule has 0 bridgehead atoms. The number of aromatic carboxylic acids is 1. The Morgan fingerprint density at radius 2 is 2.10 bits per heavy atom. The van der Waals surface area contributed by atoms with E-state index in [1.807, 2.05) is 4.72 Å². The first kappa shape index (κ1) is 17.9. The van der Waals surface area contributed by atoms with Crippen LogP contribution in [0.25, 0.3) is 0 Å². The van der Waals surface area contributed by atoms with E-state index in [4.69, 9.17) is 5.11 Å². The number of carboxylic acids is 1. The molecule has 0 unspecified atom stereocenters. The molecule has 0 atom stereocenters. The monoisotopic (exact) mass is 395 g/mol. The molecular weight excluding hydrogens is 387 g/mol. The van der Waals surface area contributed by atoms with E-state index in [-0.39, 0.29) is 4.67 Å². The summed E-state index contributed by atoms with van der Waals surface area (Å²) in [6.07, 6.45) is -4.50. The fourth-order valence-electron chi connectivity index (χ4n) is 1.15. The minimum absolute atomic E-state index is 0.330. The van der Waals surface area contributed by atoms with E-state index in [0.29, 0.717) is 0 Å². The number of hydrogen-bond acceptors (Lipinski definition) is 5. The Hall–Kier alpha value is -1.11. The van der Waals surface area contributed by atoms with Gasteiger partial charge >= 0.3 is 12.1 Å². The molecule has 7 nitrogen and oxygen atoms in total. The molecular formula is C9H9BrF3NO6S. The van der Waals surface area contributed by atoms with Crippen molar-refractivity contribution in [1.29, 1.82) is 0 Å². The van der Waals surface area contributed by atoms with E-state index in [9.17, 15) is 26.4 Å². The van der Waals surface area contributed by atoms with Gasteiger partial charge in [0.05, 0.1) is 6.61 Å². The summed E-state index contributed by atoms with van der Waals surface area (Å²) in [5.41, 5.74) is 0. The van der Waals surface area contributed by atoms with Gasteiger partial charge in [-0.25, -0.2) is 17.9 Å². The molecule has 21 heavy (non-hydrogen) atoms. The third-order valence-electron chi connectivity index (χ3n) is 1.96. The predicted molar refractivity (Wildman–Crippen MR) is 65.4 cm³/mol. The van der Waals surface area contributed by atoms with Gasteiger partial charge in [0.2, 0.25) is 15.8 Å². The van der Waals surface area contributed by atoms with Crippen molar-refractivity contribution in [3.8, 4) is 0 Å². The maximum Gasteiger partial charge on any atom is 0.411 e. The van der Waals surface area contributed by atoms with Gasteiger partial charge in [-0.2, -0.15) is 13.2 Å². The van der Waals surface area contributed by atoms with Crippen LogP contribution < -0.4 is 4.72 Å². The topological polar surface area (TPSA) is 106 Å². The fourth-order valence-corrected chi connectivity index (χ4v) is 3.11. The van der Waals surface area contributed by atoms with Crippen molar-refractivity contribution in [2.75, 3.05) is 19.8 Å². The van der Waals surface area contributed by atoms with Crippen LogP contribution in [0.1, 0.15) is 10.6 Å². The number of carbonyl (C=O) groups is 1. The number of halogens is 4. The zero-order valence-electron chi connectivity index (χ0n) is 10.1. The molecule has 0 aliphatic heterocycles. The number of carboxylic acid groups (broad SMARTS) is 1. The molecule has 1 rings (SSSR count). The highest BCUT2D eigenvalue weighted by Crippen LogP contribution is 2.25. The zero-order valence-corrected chi connectivity index (χ0v) is 12.5. The molecule has 2 N–H and O–H groups in total. The molecule has 12 heteroatoms. The van der Waals surface area contributed by atoms with Crippen molar-refractivity contribution in [2.24, 2.45) is 0 Å². The summed E-state index contributed by atoms with van der Waals surface area (Å²) in [6.45, 7) is -2.41. The van der Waals surface area contributed by atoms with Gasteiger partial charge in [0.15, 0.2) is 4.67 Å². The number of sulfonamides is 1. The van der Waals surface area contributed by atoms with Crippen LogP contribution in [-0.2, 0) is 14.8 Å². The average Bonchev–Trinajstić information content (AvgIpc) is 2.70. The van der Waals surface area contributed by atoms with Crippen molar-refractivity contribution < 1.29 is 40.6 Å². The van der Waals surface area contributed by atoms with Crippen molar-refractivity contribution in [1.82, 2.24) is 4.72 Å². The number of rotatable bonds is 7. The second-order valence-corrected chi connectivity index (χ2v) is 6.07. The molecule has 0 aliphatic rings. The molecule has 0 spiro atoms. The van der Waals surface area contributed by atoms with Gasteiger partial charge in [-0.05, 0) is 15.9 Å². The summed E-state index contributed by atoms with van der Waals surface area (Å²) in [6, 6.07) is 0.769. The minimum atomic E-state index is -4.50. The van der Waals surface area contributed by atoms with Crippen LogP contribution in [0.2, 0.25) is 0 Å². The Bertz CT molecular complexity index is 611. The van der Waals surface area contributed by atoms with Gasteiger partial charge in [-0.1, -0.05) is 0 Å². The van der Waals surface area contributed by atoms with Crippen LogP contribution in [0.5, 0.6) is 0 Å². The van der Waals surface area contributed by atoms with Crippen molar-refractivity contribution >= 4 is 31.9 Å². The summed E-state index contributed by atoms with van der Waals surface area (Å²) >= 11 is 2.74. The second-order valence-electron chi connectivity index (χ2n) is 3.62.